The fourth-order valence-electron chi connectivity index (χ4n) is 1.13. The predicted molar refractivity (Wildman–Crippen MR) is 37.7 cm³/mol. The normalized spacial score (nSPS) is 20.4. The monoisotopic (exact) mass is 115 g/mol. The van der Waals surface area contributed by atoms with Gasteiger partial charge in [0.05, 0.1) is 17.2 Å². The molecule has 0 N–H and O–H groups in total. The highest BCUT2D eigenvalue weighted by molar-refractivity contribution is 5.49. The predicted octanol–water partition coefficient (Wildman–Crippen LogP) is 2.17. The summed E-state index contributed by atoms with van der Waals surface area (Å²) in [4.78, 5) is 0. The first kappa shape index (κ1) is 4.72. The lowest BCUT2D eigenvalue weighted by molar-refractivity contribution is 1.31. The number of rotatable bonds is 0. The number of hydrogen-bond donors (Lipinski definition) is 0. The maximum absolute atomic E-state index is 3.04. The van der Waals surface area contributed by atoms with E-state index in [1.54, 1.807) is 0 Å². The third kappa shape index (κ3) is 0.647. The van der Waals surface area contributed by atoms with Crippen molar-refractivity contribution in [2.24, 2.45) is 0 Å². The van der Waals surface area contributed by atoms with Crippen molar-refractivity contribution in [3.8, 4) is 0 Å². The first-order valence-corrected chi connectivity index (χ1v) is 3.12. The van der Waals surface area contributed by atoms with Crippen LogP contribution in [-0.2, 0) is 0 Å². The maximum atomic E-state index is 3.04. The maximum Gasteiger partial charge on any atom is 0.110 e. The van der Waals surface area contributed by atoms with Crippen LogP contribution in [0.4, 0.5) is 0 Å². The van der Waals surface area contributed by atoms with Gasteiger partial charge in [0, 0.05) is 12.5 Å². The first-order valence-electron chi connectivity index (χ1n) is 3.12. The van der Waals surface area contributed by atoms with Gasteiger partial charge in [-0.3, -0.25) is 0 Å². The van der Waals surface area contributed by atoms with Crippen molar-refractivity contribution in [3.63, 3.8) is 0 Å². The largest absolute Gasteiger partial charge is 0.110 e. The van der Waals surface area contributed by atoms with Crippen molar-refractivity contribution in [2.75, 3.05) is 0 Å². The molecular weight excluding hydrogens is 108 g/mol. The fraction of sp³-hybridized carbons (Fsp3) is 0.111. The summed E-state index contributed by atoms with van der Waals surface area (Å²) in [5.74, 6) is 0. The molecule has 0 saturated carbocycles. The second-order valence-corrected chi connectivity index (χ2v) is 2.23. The molecule has 42 valence electrons. The van der Waals surface area contributed by atoms with Crippen molar-refractivity contribution in [2.45, 2.75) is 6.42 Å². The van der Waals surface area contributed by atoms with Crippen LogP contribution in [0.25, 0.3) is 0 Å². The minimum Gasteiger partial charge on any atom is -0.0637 e. The zero-order valence-electron chi connectivity index (χ0n) is 5.09. The van der Waals surface area contributed by atoms with Gasteiger partial charge in [-0.05, 0) is 6.08 Å². The van der Waals surface area contributed by atoms with Crippen LogP contribution in [0, 0.1) is 6.08 Å². The van der Waals surface area contributed by atoms with Gasteiger partial charge in [0.1, 0.15) is 12.2 Å². The summed E-state index contributed by atoms with van der Waals surface area (Å²) in [6.07, 6.45) is 14.6. The SMILES string of the molecule is [C+]1=CC2=C(C=C1)CC=C2. The Bertz CT molecular complexity index is 237. The average Bonchev–Trinajstić information content (AvgIpc) is 2.33. The second-order valence-electron chi connectivity index (χ2n) is 2.23. The van der Waals surface area contributed by atoms with E-state index in [0.29, 0.717) is 0 Å². The fourth-order valence-corrected chi connectivity index (χ4v) is 1.13. The van der Waals surface area contributed by atoms with Crippen molar-refractivity contribution in [1.82, 2.24) is 0 Å². The molecule has 0 heterocycles. The minimum absolute atomic E-state index is 1.10. The van der Waals surface area contributed by atoms with Crippen molar-refractivity contribution in [3.05, 3.63) is 47.6 Å². The molecular formula is C9H7+. The molecule has 0 nitrogen and oxygen atoms in total. The Morgan fingerprint density at radius 2 is 2.33 bits per heavy atom. The summed E-state index contributed by atoms with van der Waals surface area (Å²) in [6, 6.07) is 0. The molecule has 2 aliphatic rings. The lowest BCUT2D eigenvalue weighted by Crippen LogP contribution is -1.79. The molecule has 0 aromatic carbocycles. The van der Waals surface area contributed by atoms with Crippen LogP contribution in [0.1, 0.15) is 6.42 Å². The third-order valence-electron chi connectivity index (χ3n) is 1.63. The van der Waals surface area contributed by atoms with Gasteiger partial charge < -0.3 is 0 Å². The Labute approximate surface area is 54.9 Å². The van der Waals surface area contributed by atoms with Gasteiger partial charge >= 0.3 is 0 Å². The minimum atomic E-state index is 1.10. The van der Waals surface area contributed by atoms with Crippen LogP contribution in [0.5, 0.6) is 0 Å². The van der Waals surface area contributed by atoms with E-state index >= 15 is 0 Å². The van der Waals surface area contributed by atoms with E-state index in [2.05, 4.69) is 24.3 Å². The molecule has 0 heteroatoms. The molecule has 2 rings (SSSR count). The van der Waals surface area contributed by atoms with Gasteiger partial charge in [0.25, 0.3) is 0 Å². The van der Waals surface area contributed by atoms with E-state index < -0.39 is 0 Å². The van der Waals surface area contributed by atoms with E-state index in [1.807, 2.05) is 12.2 Å². The van der Waals surface area contributed by atoms with Crippen LogP contribution in [0.15, 0.2) is 41.5 Å². The number of allylic oxidation sites excluding steroid dienone is 8. The quantitative estimate of drug-likeness (QED) is 0.424. The summed E-state index contributed by atoms with van der Waals surface area (Å²) in [6.45, 7) is 0. The van der Waals surface area contributed by atoms with Gasteiger partial charge in [-0.2, -0.15) is 0 Å². The molecule has 0 spiro atoms. The van der Waals surface area contributed by atoms with Crippen LogP contribution >= 0.6 is 0 Å². The standard InChI is InChI=1S/C9H7/c1-2-5-9-7-3-6-8(9)4-1/h1,3-5,7H,6H2/q+1. The van der Waals surface area contributed by atoms with Gasteiger partial charge in [0.2, 0.25) is 0 Å². The molecule has 0 radical (unpaired) electrons. The van der Waals surface area contributed by atoms with Crippen LogP contribution in [-0.4, -0.2) is 0 Å². The molecule has 0 fully saturated rings. The highest BCUT2D eigenvalue weighted by Crippen LogP contribution is 2.23. The molecule has 0 amide bonds. The Kier molecular flexibility index (Phi) is 0.881. The smallest absolute Gasteiger partial charge is 0.0637 e. The van der Waals surface area contributed by atoms with E-state index in [0.717, 1.165) is 6.42 Å². The van der Waals surface area contributed by atoms with Crippen molar-refractivity contribution < 1.29 is 0 Å². The van der Waals surface area contributed by atoms with Gasteiger partial charge in [-0.25, -0.2) is 0 Å². The summed E-state index contributed by atoms with van der Waals surface area (Å²) < 4.78 is 0. The molecule has 0 aromatic rings. The Balaban J connectivity index is 2.49. The highest BCUT2D eigenvalue weighted by Gasteiger charge is 2.13. The van der Waals surface area contributed by atoms with Crippen LogP contribution in [0.2, 0.25) is 0 Å². The zero-order valence-corrected chi connectivity index (χ0v) is 5.09. The van der Waals surface area contributed by atoms with Gasteiger partial charge in [0.15, 0.2) is 0 Å². The van der Waals surface area contributed by atoms with E-state index in [1.165, 1.54) is 11.1 Å². The summed E-state index contributed by atoms with van der Waals surface area (Å²) >= 11 is 0. The molecule has 0 bridgehead atoms. The van der Waals surface area contributed by atoms with Crippen molar-refractivity contribution >= 4 is 0 Å². The molecule has 0 saturated heterocycles. The van der Waals surface area contributed by atoms with Gasteiger partial charge in [-0.1, -0.05) is 6.08 Å². The van der Waals surface area contributed by atoms with E-state index in [-0.39, 0.29) is 0 Å². The molecule has 0 unspecified atom stereocenters. The Hall–Kier alpha value is -1.13. The topological polar surface area (TPSA) is 0 Å². The lowest BCUT2D eigenvalue weighted by atomic mass is 10.1. The Morgan fingerprint density at radius 3 is 3.22 bits per heavy atom. The summed E-state index contributed by atoms with van der Waals surface area (Å²) in [5.41, 5.74) is 2.76. The molecule has 0 aromatic heterocycles. The van der Waals surface area contributed by atoms with E-state index in [9.17, 15) is 0 Å². The molecule has 0 aliphatic heterocycles. The lowest BCUT2D eigenvalue weighted by Gasteiger charge is -1.87. The molecule has 0 atom stereocenters. The third-order valence-corrected chi connectivity index (χ3v) is 1.63. The summed E-state index contributed by atoms with van der Waals surface area (Å²) in [5, 5.41) is 0. The average molecular weight is 115 g/mol. The Morgan fingerprint density at radius 1 is 1.33 bits per heavy atom. The zero-order chi connectivity index (χ0) is 6.10. The second kappa shape index (κ2) is 1.68. The first-order chi connectivity index (χ1) is 4.47. The highest BCUT2D eigenvalue weighted by atomic mass is 14.1. The molecule has 2 aliphatic carbocycles. The number of hydrogen-bond acceptors (Lipinski definition) is 0. The molecule has 9 heavy (non-hydrogen) atoms. The van der Waals surface area contributed by atoms with Crippen LogP contribution in [0.3, 0.4) is 0 Å². The van der Waals surface area contributed by atoms with Gasteiger partial charge in [-0.15, -0.1) is 0 Å². The van der Waals surface area contributed by atoms with Crippen LogP contribution < -0.4 is 0 Å². The van der Waals surface area contributed by atoms with Crippen molar-refractivity contribution in [1.29, 1.82) is 0 Å². The summed E-state index contributed by atoms with van der Waals surface area (Å²) in [7, 11) is 0. The van der Waals surface area contributed by atoms with E-state index in [4.69, 9.17) is 0 Å².